The van der Waals surface area contributed by atoms with Crippen LogP contribution in [0.25, 0.3) is 11.4 Å². The number of carbonyl (C=O) groups excluding carboxylic acids is 1. The lowest BCUT2D eigenvalue weighted by Crippen LogP contribution is -2.05. The Labute approximate surface area is 150 Å². The first-order chi connectivity index (χ1) is 12.6. The molecule has 26 heavy (non-hydrogen) atoms. The van der Waals surface area contributed by atoms with Gasteiger partial charge in [-0.1, -0.05) is 22.9 Å². The standard InChI is InChI=1S/C19H18N2O5/c1-12-5-4-6-13(9-12)19(22)25-11-17-20-18(21-26-17)15-8-7-14(23-2)10-16(15)24-3/h4-10H,11H2,1-3H3. The second-order valence-electron chi connectivity index (χ2n) is 5.52. The molecule has 3 rings (SSSR count). The van der Waals surface area contributed by atoms with Gasteiger partial charge in [0.25, 0.3) is 5.89 Å². The van der Waals surface area contributed by atoms with E-state index in [1.54, 1.807) is 50.6 Å². The van der Waals surface area contributed by atoms with Crippen molar-refractivity contribution in [3.8, 4) is 22.9 Å². The Bertz CT molecular complexity index is 920. The molecule has 134 valence electrons. The van der Waals surface area contributed by atoms with Gasteiger partial charge < -0.3 is 18.7 Å². The molecule has 0 aliphatic carbocycles. The summed E-state index contributed by atoms with van der Waals surface area (Å²) >= 11 is 0. The minimum Gasteiger partial charge on any atom is -0.497 e. The minimum atomic E-state index is -0.449. The van der Waals surface area contributed by atoms with Crippen LogP contribution < -0.4 is 9.47 Å². The van der Waals surface area contributed by atoms with Crippen LogP contribution in [0.15, 0.2) is 47.0 Å². The predicted molar refractivity (Wildman–Crippen MR) is 93.1 cm³/mol. The molecular formula is C19H18N2O5. The van der Waals surface area contributed by atoms with E-state index in [1.165, 1.54) is 0 Å². The molecule has 0 unspecified atom stereocenters. The molecule has 0 aliphatic rings. The van der Waals surface area contributed by atoms with E-state index in [1.807, 2.05) is 13.0 Å². The highest BCUT2D eigenvalue weighted by atomic mass is 16.6. The van der Waals surface area contributed by atoms with Crippen molar-refractivity contribution in [2.24, 2.45) is 0 Å². The minimum absolute atomic E-state index is 0.113. The molecule has 1 aromatic heterocycles. The molecule has 0 saturated carbocycles. The van der Waals surface area contributed by atoms with E-state index in [9.17, 15) is 4.79 Å². The number of methoxy groups -OCH3 is 2. The number of benzene rings is 2. The topological polar surface area (TPSA) is 83.7 Å². The van der Waals surface area contributed by atoms with Gasteiger partial charge in [0.2, 0.25) is 5.82 Å². The summed E-state index contributed by atoms with van der Waals surface area (Å²) < 4.78 is 20.9. The summed E-state index contributed by atoms with van der Waals surface area (Å²) in [6.07, 6.45) is 0. The second kappa shape index (κ2) is 7.69. The Morgan fingerprint density at radius 2 is 1.96 bits per heavy atom. The van der Waals surface area contributed by atoms with Crippen LogP contribution in [-0.2, 0) is 11.3 Å². The molecule has 0 fully saturated rings. The normalized spacial score (nSPS) is 10.4. The Kier molecular flexibility index (Phi) is 5.17. The highest BCUT2D eigenvalue weighted by Crippen LogP contribution is 2.31. The quantitative estimate of drug-likeness (QED) is 0.627. The first-order valence-electron chi connectivity index (χ1n) is 7.89. The molecular weight excluding hydrogens is 336 g/mol. The summed E-state index contributed by atoms with van der Waals surface area (Å²) in [4.78, 5) is 16.3. The van der Waals surface area contributed by atoms with E-state index >= 15 is 0 Å². The SMILES string of the molecule is COc1ccc(-c2noc(COC(=O)c3cccc(C)c3)n2)c(OC)c1. The summed E-state index contributed by atoms with van der Waals surface area (Å²) in [6, 6.07) is 12.4. The zero-order valence-corrected chi connectivity index (χ0v) is 14.7. The van der Waals surface area contributed by atoms with Crippen molar-refractivity contribution in [3.63, 3.8) is 0 Å². The fourth-order valence-corrected chi connectivity index (χ4v) is 2.39. The van der Waals surface area contributed by atoms with Gasteiger partial charge in [0, 0.05) is 6.07 Å². The van der Waals surface area contributed by atoms with Crippen molar-refractivity contribution in [3.05, 3.63) is 59.5 Å². The van der Waals surface area contributed by atoms with Crippen molar-refractivity contribution in [1.29, 1.82) is 0 Å². The van der Waals surface area contributed by atoms with Crippen molar-refractivity contribution in [2.45, 2.75) is 13.5 Å². The maximum absolute atomic E-state index is 12.1. The third kappa shape index (κ3) is 3.83. The fourth-order valence-electron chi connectivity index (χ4n) is 2.39. The molecule has 0 aliphatic heterocycles. The summed E-state index contributed by atoms with van der Waals surface area (Å²) in [7, 11) is 3.12. The zero-order chi connectivity index (χ0) is 18.5. The third-order valence-corrected chi connectivity index (χ3v) is 3.70. The highest BCUT2D eigenvalue weighted by Gasteiger charge is 2.16. The number of esters is 1. The maximum atomic E-state index is 12.1. The lowest BCUT2D eigenvalue weighted by molar-refractivity contribution is 0.0429. The molecule has 0 spiro atoms. The number of aryl methyl sites for hydroxylation is 1. The van der Waals surface area contributed by atoms with E-state index in [-0.39, 0.29) is 12.5 Å². The third-order valence-electron chi connectivity index (χ3n) is 3.70. The Morgan fingerprint density at radius 1 is 1.12 bits per heavy atom. The van der Waals surface area contributed by atoms with Gasteiger partial charge in [-0.15, -0.1) is 0 Å². The Hall–Kier alpha value is -3.35. The first kappa shape index (κ1) is 17.5. The number of hydrogen-bond acceptors (Lipinski definition) is 7. The number of hydrogen-bond donors (Lipinski definition) is 0. The molecule has 7 nitrogen and oxygen atoms in total. The van der Waals surface area contributed by atoms with Crippen LogP contribution >= 0.6 is 0 Å². The molecule has 1 heterocycles. The van der Waals surface area contributed by atoms with Crippen LogP contribution in [0, 0.1) is 6.92 Å². The number of nitrogens with zero attached hydrogens (tertiary/aromatic N) is 2. The van der Waals surface area contributed by atoms with Gasteiger partial charge in [0.1, 0.15) is 11.5 Å². The van der Waals surface area contributed by atoms with E-state index < -0.39 is 5.97 Å². The molecule has 0 saturated heterocycles. The lowest BCUT2D eigenvalue weighted by atomic mass is 10.1. The molecule has 0 atom stereocenters. The van der Waals surface area contributed by atoms with Gasteiger partial charge in [-0.05, 0) is 31.2 Å². The second-order valence-corrected chi connectivity index (χ2v) is 5.52. The van der Waals surface area contributed by atoms with Gasteiger partial charge in [-0.3, -0.25) is 0 Å². The highest BCUT2D eigenvalue weighted by molar-refractivity contribution is 5.89. The van der Waals surface area contributed by atoms with E-state index in [0.717, 1.165) is 5.56 Å². The van der Waals surface area contributed by atoms with Crippen LogP contribution in [0.3, 0.4) is 0 Å². The summed E-state index contributed by atoms with van der Waals surface area (Å²) in [5, 5.41) is 3.92. The van der Waals surface area contributed by atoms with Gasteiger partial charge in [-0.2, -0.15) is 4.98 Å². The predicted octanol–water partition coefficient (Wildman–Crippen LogP) is 3.42. The van der Waals surface area contributed by atoms with Gasteiger partial charge in [0.15, 0.2) is 6.61 Å². The van der Waals surface area contributed by atoms with Crippen LogP contribution in [0.4, 0.5) is 0 Å². The van der Waals surface area contributed by atoms with Gasteiger partial charge in [-0.25, -0.2) is 4.79 Å². The lowest BCUT2D eigenvalue weighted by Gasteiger charge is -2.07. The largest absolute Gasteiger partial charge is 0.497 e. The molecule has 0 bridgehead atoms. The molecule has 0 amide bonds. The van der Waals surface area contributed by atoms with Crippen LogP contribution in [-0.4, -0.2) is 30.3 Å². The molecule has 2 aromatic carbocycles. The van der Waals surface area contributed by atoms with Crippen LogP contribution in [0.1, 0.15) is 21.8 Å². The average molecular weight is 354 g/mol. The molecule has 0 N–H and O–H groups in total. The number of carbonyl (C=O) groups is 1. The molecule has 0 radical (unpaired) electrons. The Morgan fingerprint density at radius 3 is 2.69 bits per heavy atom. The maximum Gasteiger partial charge on any atom is 0.338 e. The number of aromatic nitrogens is 2. The van der Waals surface area contributed by atoms with Crippen molar-refractivity contribution in [2.75, 3.05) is 14.2 Å². The van der Waals surface area contributed by atoms with Crippen molar-refractivity contribution < 1.29 is 23.5 Å². The first-order valence-corrected chi connectivity index (χ1v) is 7.89. The van der Waals surface area contributed by atoms with Gasteiger partial charge in [0.05, 0.1) is 25.3 Å². The van der Waals surface area contributed by atoms with E-state index in [4.69, 9.17) is 18.7 Å². The summed E-state index contributed by atoms with van der Waals surface area (Å²) in [6.45, 7) is 1.79. The van der Waals surface area contributed by atoms with E-state index in [0.29, 0.717) is 28.5 Å². The number of rotatable bonds is 6. The monoisotopic (exact) mass is 354 g/mol. The number of ether oxygens (including phenoxy) is 3. The molecule has 3 aromatic rings. The van der Waals surface area contributed by atoms with Crippen LogP contribution in [0.2, 0.25) is 0 Å². The van der Waals surface area contributed by atoms with Crippen LogP contribution in [0.5, 0.6) is 11.5 Å². The zero-order valence-electron chi connectivity index (χ0n) is 14.7. The van der Waals surface area contributed by atoms with Crippen molar-refractivity contribution in [1.82, 2.24) is 10.1 Å². The van der Waals surface area contributed by atoms with Crippen molar-refractivity contribution >= 4 is 5.97 Å². The summed E-state index contributed by atoms with van der Waals surface area (Å²) in [5.74, 6) is 1.29. The average Bonchev–Trinajstić information content (AvgIpc) is 3.14. The Balaban J connectivity index is 1.71. The van der Waals surface area contributed by atoms with E-state index in [2.05, 4.69) is 10.1 Å². The van der Waals surface area contributed by atoms with Gasteiger partial charge >= 0.3 is 5.97 Å². The summed E-state index contributed by atoms with van der Waals surface area (Å²) in [5.41, 5.74) is 2.10. The molecule has 7 heteroatoms. The fraction of sp³-hybridized carbons (Fsp3) is 0.211. The smallest absolute Gasteiger partial charge is 0.338 e.